The number of nitrogens with two attached hydrogens (primary N) is 1. The predicted molar refractivity (Wildman–Crippen MR) is 79.5 cm³/mol. The van der Waals surface area contributed by atoms with Gasteiger partial charge in [-0.1, -0.05) is 11.6 Å². The molecule has 2 rings (SSSR count). The van der Waals surface area contributed by atoms with Crippen molar-refractivity contribution in [2.45, 2.75) is 13.5 Å². The van der Waals surface area contributed by atoms with E-state index in [2.05, 4.69) is 5.10 Å². The van der Waals surface area contributed by atoms with Crippen LogP contribution in [0.4, 0.5) is 5.69 Å². The molecule has 0 saturated carbocycles. The van der Waals surface area contributed by atoms with Gasteiger partial charge in [0.2, 0.25) is 0 Å². The average Bonchev–Trinajstić information content (AvgIpc) is 2.69. The van der Waals surface area contributed by atoms with E-state index in [0.717, 1.165) is 5.69 Å². The zero-order chi connectivity index (χ0) is 15.6. The number of aromatic nitrogens is 2. The van der Waals surface area contributed by atoms with Crippen molar-refractivity contribution in [3.63, 3.8) is 0 Å². The summed E-state index contributed by atoms with van der Waals surface area (Å²) < 4.78 is 11.9. The average molecular weight is 310 g/mol. The van der Waals surface area contributed by atoms with E-state index in [0.29, 0.717) is 27.7 Å². The Morgan fingerprint density at radius 1 is 1.48 bits per heavy atom. The summed E-state index contributed by atoms with van der Waals surface area (Å²) in [6.07, 6.45) is 0. The lowest BCUT2D eigenvalue weighted by atomic mass is 10.2. The molecular formula is C14H16ClN3O3. The summed E-state index contributed by atoms with van der Waals surface area (Å²) in [5.74, 6) is -0.139. The molecule has 0 bridgehead atoms. The summed E-state index contributed by atoms with van der Waals surface area (Å²) >= 11 is 6.09. The summed E-state index contributed by atoms with van der Waals surface area (Å²) in [4.78, 5) is 12.1. The van der Waals surface area contributed by atoms with Crippen molar-refractivity contribution >= 4 is 23.3 Å². The van der Waals surface area contributed by atoms with Crippen LogP contribution in [0.25, 0.3) is 0 Å². The third kappa shape index (κ3) is 3.11. The number of hydrogen-bond acceptors (Lipinski definition) is 5. The molecule has 0 aliphatic rings. The first kappa shape index (κ1) is 15.2. The van der Waals surface area contributed by atoms with Crippen LogP contribution in [0.1, 0.15) is 21.6 Å². The SMILES string of the molecule is COc1cc(N)ccc1C(=O)OCc1c(C)nn(C)c1Cl. The fourth-order valence-corrected chi connectivity index (χ4v) is 2.16. The topological polar surface area (TPSA) is 79.4 Å². The number of benzene rings is 1. The van der Waals surface area contributed by atoms with Crippen LogP contribution >= 0.6 is 11.6 Å². The second-order valence-corrected chi connectivity index (χ2v) is 4.87. The van der Waals surface area contributed by atoms with Gasteiger partial charge >= 0.3 is 5.97 Å². The van der Waals surface area contributed by atoms with Gasteiger partial charge in [-0.3, -0.25) is 4.68 Å². The maximum Gasteiger partial charge on any atom is 0.342 e. The number of nitrogens with zero attached hydrogens (tertiary/aromatic N) is 2. The molecule has 2 aromatic rings. The molecule has 1 aromatic heterocycles. The second-order valence-electron chi connectivity index (χ2n) is 4.51. The Morgan fingerprint density at radius 3 is 2.76 bits per heavy atom. The zero-order valence-corrected chi connectivity index (χ0v) is 12.8. The Hall–Kier alpha value is -2.21. The first-order valence-corrected chi connectivity index (χ1v) is 6.60. The van der Waals surface area contributed by atoms with Gasteiger partial charge in [-0.2, -0.15) is 5.10 Å². The standard InChI is InChI=1S/C14H16ClN3O3/c1-8-11(13(15)18(2)17-8)7-21-14(19)10-5-4-9(16)6-12(10)20-3/h4-6H,7,16H2,1-3H3. The van der Waals surface area contributed by atoms with Crippen LogP contribution in [0, 0.1) is 6.92 Å². The Bertz CT molecular complexity index is 682. The largest absolute Gasteiger partial charge is 0.496 e. The molecule has 0 fully saturated rings. The lowest BCUT2D eigenvalue weighted by Gasteiger charge is -2.09. The van der Waals surface area contributed by atoms with Crippen molar-refractivity contribution in [1.29, 1.82) is 0 Å². The van der Waals surface area contributed by atoms with E-state index in [4.69, 9.17) is 26.8 Å². The van der Waals surface area contributed by atoms with Gasteiger partial charge in [0.15, 0.2) is 0 Å². The molecule has 0 aliphatic heterocycles. The van der Waals surface area contributed by atoms with Crippen molar-refractivity contribution in [2.75, 3.05) is 12.8 Å². The molecule has 0 saturated heterocycles. The van der Waals surface area contributed by atoms with Gasteiger partial charge in [0.25, 0.3) is 0 Å². The van der Waals surface area contributed by atoms with Gasteiger partial charge in [0.05, 0.1) is 12.8 Å². The summed E-state index contributed by atoms with van der Waals surface area (Å²) in [6.45, 7) is 1.85. The minimum absolute atomic E-state index is 0.0465. The van der Waals surface area contributed by atoms with Gasteiger partial charge in [-0.05, 0) is 19.1 Å². The number of rotatable bonds is 4. The van der Waals surface area contributed by atoms with Gasteiger partial charge in [0, 0.05) is 24.4 Å². The lowest BCUT2D eigenvalue weighted by Crippen LogP contribution is -2.08. The fraction of sp³-hybridized carbons (Fsp3) is 0.286. The summed E-state index contributed by atoms with van der Waals surface area (Å²) in [7, 11) is 3.19. The van der Waals surface area contributed by atoms with E-state index in [1.165, 1.54) is 11.8 Å². The molecule has 0 amide bonds. The normalized spacial score (nSPS) is 10.5. The Labute approximate surface area is 127 Å². The Balaban J connectivity index is 2.15. The number of nitrogen functional groups attached to an aromatic ring is 1. The number of hydrogen-bond donors (Lipinski definition) is 1. The van der Waals surface area contributed by atoms with Crippen LogP contribution in [0.2, 0.25) is 5.15 Å². The number of methoxy groups -OCH3 is 1. The highest BCUT2D eigenvalue weighted by Crippen LogP contribution is 2.24. The zero-order valence-electron chi connectivity index (χ0n) is 12.0. The van der Waals surface area contributed by atoms with Crippen LogP contribution in [0.5, 0.6) is 5.75 Å². The molecular weight excluding hydrogens is 294 g/mol. The maximum atomic E-state index is 12.1. The smallest absolute Gasteiger partial charge is 0.342 e. The molecule has 0 radical (unpaired) electrons. The molecule has 1 aromatic carbocycles. The number of carbonyl (C=O) groups excluding carboxylic acids is 1. The summed E-state index contributed by atoms with van der Waals surface area (Å²) in [5, 5.41) is 4.61. The number of carbonyl (C=O) groups is 1. The number of aryl methyl sites for hydroxylation is 2. The van der Waals surface area contributed by atoms with Crippen molar-refractivity contribution in [3.8, 4) is 5.75 Å². The highest BCUT2D eigenvalue weighted by atomic mass is 35.5. The van der Waals surface area contributed by atoms with Crippen molar-refractivity contribution in [2.24, 2.45) is 7.05 Å². The molecule has 0 spiro atoms. The molecule has 21 heavy (non-hydrogen) atoms. The van der Waals surface area contributed by atoms with E-state index >= 15 is 0 Å². The van der Waals surface area contributed by atoms with Crippen molar-refractivity contribution in [1.82, 2.24) is 9.78 Å². The highest BCUT2D eigenvalue weighted by molar-refractivity contribution is 6.30. The van der Waals surface area contributed by atoms with Crippen LogP contribution in [0.3, 0.4) is 0 Å². The van der Waals surface area contributed by atoms with Crippen LogP contribution in [-0.4, -0.2) is 22.9 Å². The quantitative estimate of drug-likeness (QED) is 0.692. The van der Waals surface area contributed by atoms with Gasteiger partial charge in [-0.15, -0.1) is 0 Å². The summed E-state index contributed by atoms with van der Waals surface area (Å²) in [6, 6.07) is 4.74. The van der Waals surface area contributed by atoms with Crippen LogP contribution in [0.15, 0.2) is 18.2 Å². The molecule has 2 N–H and O–H groups in total. The molecule has 112 valence electrons. The Kier molecular flexibility index (Phi) is 4.37. The highest BCUT2D eigenvalue weighted by Gasteiger charge is 2.17. The molecule has 1 heterocycles. The van der Waals surface area contributed by atoms with E-state index in [-0.39, 0.29) is 6.61 Å². The maximum absolute atomic E-state index is 12.1. The number of esters is 1. The van der Waals surface area contributed by atoms with Crippen molar-refractivity contribution < 1.29 is 14.3 Å². The second kappa shape index (κ2) is 6.05. The minimum atomic E-state index is -0.508. The van der Waals surface area contributed by atoms with E-state index in [9.17, 15) is 4.79 Å². The van der Waals surface area contributed by atoms with Gasteiger partial charge < -0.3 is 15.2 Å². The summed E-state index contributed by atoms with van der Waals surface area (Å²) in [5.41, 5.74) is 7.87. The van der Waals surface area contributed by atoms with E-state index in [1.54, 1.807) is 32.2 Å². The van der Waals surface area contributed by atoms with Gasteiger partial charge in [-0.25, -0.2) is 4.79 Å². The first-order valence-electron chi connectivity index (χ1n) is 6.22. The third-order valence-electron chi connectivity index (χ3n) is 3.06. The van der Waals surface area contributed by atoms with Crippen molar-refractivity contribution in [3.05, 3.63) is 40.2 Å². The molecule has 0 atom stereocenters. The number of halogens is 1. The predicted octanol–water partition coefficient (Wildman–Crippen LogP) is 2.33. The minimum Gasteiger partial charge on any atom is -0.496 e. The van der Waals surface area contributed by atoms with E-state index < -0.39 is 5.97 Å². The van der Waals surface area contributed by atoms with Crippen LogP contribution < -0.4 is 10.5 Å². The molecule has 0 unspecified atom stereocenters. The lowest BCUT2D eigenvalue weighted by molar-refractivity contribution is 0.0468. The number of ether oxygens (including phenoxy) is 2. The first-order chi connectivity index (χ1) is 9.93. The molecule has 6 nitrogen and oxygen atoms in total. The fourth-order valence-electron chi connectivity index (χ4n) is 1.93. The third-order valence-corrected chi connectivity index (χ3v) is 3.54. The molecule has 7 heteroatoms. The molecule has 0 aliphatic carbocycles. The van der Waals surface area contributed by atoms with Gasteiger partial charge in [0.1, 0.15) is 23.1 Å². The number of anilines is 1. The van der Waals surface area contributed by atoms with E-state index in [1.807, 2.05) is 0 Å². The van der Waals surface area contributed by atoms with Crippen LogP contribution in [-0.2, 0) is 18.4 Å². The Morgan fingerprint density at radius 2 is 2.19 bits per heavy atom. The monoisotopic (exact) mass is 309 g/mol.